The molecule has 0 spiro atoms. The fraction of sp³-hybridized carbons (Fsp3) is 0. The highest BCUT2D eigenvalue weighted by molar-refractivity contribution is 5.99. The van der Waals surface area contributed by atoms with Crippen molar-refractivity contribution < 1.29 is 4.79 Å². The van der Waals surface area contributed by atoms with Gasteiger partial charge in [0.05, 0.1) is 11.6 Å². The van der Waals surface area contributed by atoms with Gasteiger partial charge in [0.1, 0.15) is 0 Å². The molecule has 0 saturated heterocycles. The van der Waals surface area contributed by atoms with Gasteiger partial charge in [0, 0.05) is 10.9 Å². The van der Waals surface area contributed by atoms with Crippen LogP contribution in [0.1, 0.15) is 15.9 Å². The van der Waals surface area contributed by atoms with Gasteiger partial charge in [-0.25, -0.2) is 0 Å². The molecule has 3 heteroatoms. The minimum Gasteiger partial charge on any atom is -0.366 e. The van der Waals surface area contributed by atoms with Crippen LogP contribution in [-0.4, -0.2) is 5.91 Å². The van der Waals surface area contributed by atoms with Gasteiger partial charge in [-0.1, -0.05) is 18.2 Å². The molecule has 0 heterocycles. The van der Waals surface area contributed by atoms with Crippen molar-refractivity contribution in [2.75, 3.05) is 0 Å². The van der Waals surface area contributed by atoms with E-state index in [0.717, 1.165) is 10.8 Å². The lowest BCUT2D eigenvalue weighted by Gasteiger charge is -2.01. The van der Waals surface area contributed by atoms with Crippen LogP contribution in [0.15, 0.2) is 36.4 Å². The number of nitriles is 1. The minimum atomic E-state index is -0.482. The van der Waals surface area contributed by atoms with Gasteiger partial charge in [-0.3, -0.25) is 4.79 Å². The van der Waals surface area contributed by atoms with E-state index >= 15 is 0 Å². The Bertz CT molecular complexity index is 582. The number of amides is 1. The molecular weight excluding hydrogens is 188 g/mol. The minimum absolute atomic E-state index is 0.421. The second kappa shape index (κ2) is 3.43. The van der Waals surface area contributed by atoms with E-state index < -0.39 is 5.91 Å². The second-order valence-electron chi connectivity index (χ2n) is 3.22. The normalized spacial score (nSPS) is 9.80. The van der Waals surface area contributed by atoms with Gasteiger partial charge in [-0.15, -0.1) is 0 Å². The molecule has 0 bridgehead atoms. The molecule has 0 aromatic heterocycles. The van der Waals surface area contributed by atoms with Gasteiger partial charge in [-0.05, 0) is 23.6 Å². The van der Waals surface area contributed by atoms with Crippen molar-refractivity contribution in [3.05, 3.63) is 47.5 Å². The highest BCUT2D eigenvalue weighted by Gasteiger charge is 2.04. The average Bonchev–Trinajstić information content (AvgIpc) is 2.27. The third-order valence-electron chi connectivity index (χ3n) is 2.29. The number of carbonyl (C=O) groups is 1. The van der Waals surface area contributed by atoms with Crippen molar-refractivity contribution in [1.82, 2.24) is 0 Å². The predicted octanol–water partition coefficient (Wildman–Crippen LogP) is 1.81. The van der Waals surface area contributed by atoms with Crippen molar-refractivity contribution in [2.24, 2.45) is 5.73 Å². The molecule has 72 valence electrons. The molecule has 2 N–H and O–H groups in total. The molecule has 15 heavy (non-hydrogen) atoms. The van der Waals surface area contributed by atoms with Gasteiger partial charge in [0.2, 0.25) is 5.91 Å². The summed E-state index contributed by atoms with van der Waals surface area (Å²) in [6.07, 6.45) is 0. The van der Waals surface area contributed by atoms with Crippen LogP contribution in [0.2, 0.25) is 0 Å². The van der Waals surface area contributed by atoms with Crippen molar-refractivity contribution in [3.63, 3.8) is 0 Å². The number of carbonyl (C=O) groups excluding carboxylic acids is 1. The SMILES string of the molecule is N#Cc1cccc2ccc(C(N)=O)cc12. The maximum absolute atomic E-state index is 11.0. The highest BCUT2D eigenvalue weighted by atomic mass is 16.1. The molecule has 3 nitrogen and oxygen atoms in total. The summed E-state index contributed by atoms with van der Waals surface area (Å²) >= 11 is 0. The van der Waals surface area contributed by atoms with Gasteiger partial charge < -0.3 is 5.73 Å². The van der Waals surface area contributed by atoms with Crippen LogP contribution in [-0.2, 0) is 0 Å². The molecule has 0 unspecified atom stereocenters. The number of fused-ring (bicyclic) bond motifs is 1. The molecule has 0 fully saturated rings. The van der Waals surface area contributed by atoms with E-state index in [4.69, 9.17) is 11.0 Å². The van der Waals surface area contributed by atoms with Crippen molar-refractivity contribution >= 4 is 16.7 Å². The van der Waals surface area contributed by atoms with E-state index in [9.17, 15) is 4.79 Å². The summed E-state index contributed by atoms with van der Waals surface area (Å²) < 4.78 is 0. The van der Waals surface area contributed by atoms with Crippen LogP contribution >= 0.6 is 0 Å². The Morgan fingerprint density at radius 1 is 1.27 bits per heavy atom. The van der Waals surface area contributed by atoms with Gasteiger partial charge in [-0.2, -0.15) is 5.26 Å². The lowest BCUT2D eigenvalue weighted by molar-refractivity contribution is 0.100. The summed E-state index contributed by atoms with van der Waals surface area (Å²) in [6.45, 7) is 0. The van der Waals surface area contributed by atoms with Gasteiger partial charge in [0.25, 0.3) is 0 Å². The fourth-order valence-corrected chi connectivity index (χ4v) is 1.52. The molecule has 2 aromatic carbocycles. The Kier molecular flexibility index (Phi) is 2.11. The summed E-state index contributed by atoms with van der Waals surface area (Å²) in [5.41, 5.74) is 6.15. The first-order chi connectivity index (χ1) is 7.22. The Hall–Kier alpha value is -2.34. The largest absolute Gasteiger partial charge is 0.366 e. The molecule has 0 saturated carbocycles. The van der Waals surface area contributed by atoms with Crippen LogP contribution in [0.3, 0.4) is 0 Å². The van der Waals surface area contributed by atoms with E-state index in [2.05, 4.69) is 6.07 Å². The fourth-order valence-electron chi connectivity index (χ4n) is 1.52. The van der Waals surface area contributed by atoms with Crippen LogP contribution in [0.25, 0.3) is 10.8 Å². The van der Waals surface area contributed by atoms with E-state index in [0.29, 0.717) is 11.1 Å². The van der Waals surface area contributed by atoms with Crippen LogP contribution in [0.4, 0.5) is 0 Å². The predicted molar refractivity (Wildman–Crippen MR) is 57.2 cm³/mol. The summed E-state index contributed by atoms with van der Waals surface area (Å²) in [5, 5.41) is 10.6. The summed E-state index contributed by atoms with van der Waals surface area (Å²) in [6, 6.07) is 12.6. The molecule has 0 aliphatic carbocycles. The lowest BCUT2D eigenvalue weighted by atomic mass is 10.0. The zero-order valence-electron chi connectivity index (χ0n) is 7.90. The average molecular weight is 196 g/mol. The van der Waals surface area contributed by atoms with E-state index in [1.54, 1.807) is 24.3 Å². The van der Waals surface area contributed by atoms with E-state index in [-0.39, 0.29) is 0 Å². The first-order valence-corrected chi connectivity index (χ1v) is 4.45. The van der Waals surface area contributed by atoms with Crippen molar-refractivity contribution in [3.8, 4) is 6.07 Å². The Labute approximate surface area is 86.7 Å². The third-order valence-corrected chi connectivity index (χ3v) is 2.29. The first kappa shape index (κ1) is 9.22. The molecule has 2 rings (SSSR count). The van der Waals surface area contributed by atoms with E-state index in [1.807, 2.05) is 12.1 Å². The quantitative estimate of drug-likeness (QED) is 0.755. The van der Waals surface area contributed by atoms with Crippen LogP contribution in [0.5, 0.6) is 0 Å². The monoisotopic (exact) mass is 196 g/mol. The van der Waals surface area contributed by atoms with Gasteiger partial charge in [0.15, 0.2) is 0 Å². The maximum atomic E-state index is 11.0. The number of benzene rings is 2. The summed E-state index contributed by atoms with van der Waals surface area (Å²) in [4.78, 5) is 11.0. The number of nitrogens with two attached hydrogens (primary N) is 1. The topological polar surface area (TPSA) is 66.9 Å². The smallest absolute Gasteiger partial charge is 0.248 e. The van der Waals surface area contributed by atoms with Gasteiger partial charge >= 0.3 is 0 Å². The molecule has 0 aliphatic heterocycles. The molecule has 1 amide bonds. The lowest BCUT2D eigenvalue weighted by Crippen LogP contribution is -2.10. The highest BCUT2D eigenvalue weighted by Crippen LogP contribution is 2.19. The maximum Gasteiger partial charge on any atom is 0.248 e. The Balaban J connectivity index is 2.80. The molecule has 0 radical (unpaired) electrons. The molecule has 2 aromatic rings. The number of hydrogen-bond acceptors (Lipinski definition) is 2. The third kappa shape index (κ3) is 1.53. The zero-order chi connectivity index (χ0) is 10.8. The van der Waals surface area contributed by atoms with Crippen LogP contribution < -0.4 is 5.73 Å². The molecule has 0 aliphatic rings. The van der Waals surface area contributed by atoms with E-state index in [1.165, 1.54) is 0 Å². The molecule has 0 atom stereocenters. The summed E-state index contributed by atoms with van der Waals surface area (Å²) in [7, 11) is 0. The number of primary amides is 1. The first-order valence-electron chi connectivity index (χ1n) is 4.45. The summed E-state index contributed by atoms with van der Waals surface area (Å²) in [5.74, 6) is -0.482. The number of rotatable bonds is 1. The molecular formula is C12H8N2O. The standard InChI is InChI=1S/C12H8N2O/c13-7-10-3-1-2-8-4-5-9(12(14)15)6-11(8)10/h1-6H,(H2,14,15). The van der Waals surface area contributed by atoms with Crippen molar-refractivity contribution in [1.29, 1.82) is 5.26 Å². The Morgan fingerprint density at radius 2 is 2.07 bits per heavy atom. The van der Waals surface area contributed by atoms with Crippen molar-refractivity contribution in [2.45, 2.75) is 0 Å². The second-order valence-corrected chi connectivity index (χ2v) is 3.22. The Morgan fingerprint density at radius 3 is 2.73 bits per heavy atom. The zero-order valence-corrected chi connectivity index (χ0v) is 7.90. The van der Waals surface area contributed by atoms with Crippen LogP contribution in [0, 0.1) is 11.3 Å². The number of hydrogen-bond donors (Lipinski definition) is 1. The number of nitrogens with zero attached hydrogens (tertiary/aromatic N) is 1.